The monoisotopic (exact) mass is 254 g/mol. The van der Waals surface area contributed by atoms with Crippen LogP contribution in [0.3, 0.4) is 0 Å². The molecule has 5 nitrogen and oxygen atoms in total. The van der Waals surface area contributed by atoms with Crippen LogP contribution < -0.4 is 11.1 Å². The van der Waals surface area contributed by atoms with Gasteiger partial charge in [0.15, 0.2) is 0 Å². The fourth-order valence-corrected chi connectivity index (χ4v) is 0.992. The number of carbonyl (C=O) groups is 1. The highest BCUT2D eigenvalue weighted by atomic mass is 19.3. The highest BCUT2D eigenvalue weighted by molar-refractivity contribution is 5.98. The van der Waals surface area contributed by atoms with Gasteiger partial charge in [0.1, 0.15) is 11.4 Å². The lowest BCUT2D eigenvalue weighted by Crippen LogP contribution is -2.41. The lowest BCUT2D eigenvalue weighted by molar-refractivity contribution is -0.123. The van der Waals surface area contributed by atoms with Crippen molar-refractivity contribution < 1.29 is 22.4 Å². The van der Waals surface area contributed by atoms with Crippen LogP contribution in [0.15, 0.2) is 6.20 Å². The van der Waals surface area contributed by atoms with E-state index in [0.717, 1.165) is 10.9 Å². The number of hydrogen-bond donors (Lipinski definition) is 2. The molecule has 0 aliphatic rings. The summed E-state index contributed by atoms with van der Waals surface area (Å²) in [5.41, 5.74) is 5.27. The number of nitrogens with one attached hydrogen (secondary N) is 1. The summed E-state index contributed by atoms with van der Waals surface area (Å²) in [7, 11) is 1.44. The molecule has 0 atom stereocenters. The number of aromatic nitrogens is 2. The molecule has 9 heteroatoms. The Hall–Kier alpha value is -1.80. The largest absolute Gasteiger partial charge is 0.383 e. The summed E-state index contributed by atoms with van der Waals surface area (Å²) in [6.45, 7) is -1.46. The topological polar surface area (TPSA) is 72.9 Å². The molecule has 1 amide bonds. The number of carbonyl (C=O) groups excluding carboxylic acids is 1. The van der Waals surface area contributed by atoms with E-state index in [1.54, 1.807) is 5.32 Å². The molecule has 0 aliphatic heterocycles. The number of anilines is 1. The van der Waals surface area contributed by atoms with Gasteiger partial charge in [0, 0.05) is 7.05 Å². The molecule has 0 saturated heterocycles. The molecular weight excluding hydrogens is 244 g/mol. The zero-order valence-corrected chi connectivity index (χ0v) is 8.75. The maximum absolute atomic E-state index is 12.5. The molecular formula is C8H10F4N4O. The molecule has 3 N–H and O–H groups in total. The van der Waals surface area contributed by atoms with Gasteiger partial charge in [-0.15, -0.1) is 0 Å². The predicted octanol–water partition coefficient (Wildman–Crippen LogP) is 0.633. The molecule has 0 aliphatic carbocycles. The average molecular weight is 254 g/mol. The summed E-state index contributed by atoms with van der Waals surface area (Å²) in [6, 6.07) is 0. The average Bonchev–Trinajstić information content (AvgIpc) is 2.56. The predicted molar refractivity (Wildman–Crippen MR) is 50.9 cm³/mol. The van der Waals surface area contributed by atoms with E-state index in [1.165, 1.54) is 7.05 Å². The molecule has 1 rings (SSSR count). The second kappa shape index (κ2) is 4.60. The van der Waals surface area contributed by atoms with Crippen molar-refractivity contribution in [1.29, 1.82) is 0 Å². The Kier molecular flexibility index (Phi) is 3.59. The van der Waals surface area contributed by atoms with Crippen molar-refractivity contribution >= 4 is 11.7 Å². The normalized spacial score (nSPS) is 11.9. The van der Waals surface area contributed by atoms with Crippen LogP contribution >= 0.6 is 0 Å². The third kappa shape index (κ3) is 2.86. The maximum atomic E-state index is 12.5. The van der Waals surface area contributed by atoms with E-state index in [0.29, 0.717) is 0 Å². The van der Waals surface area contributed by atoms with E-state index >= 15 is 0 Å². The molecule has 0 unspecified atom stereocenters. The van der Waals surface area contributed by atoms with Gasteiger partial charge in [-0.25, -0.2) is 8.78 Å². The minimum atomic E-state index is -4.27. The van der Waals surface area contributed by atoms with Gasteiger partial charge >= 0.3 is 12.3 Å². The van der Waals surface area contributed by atoms with Crippen molar-refractivity contribution in [3.05, 3.63) is 11.8 Å². The van der Waals surface area contributed by atoms with Gasteiger partial charge in [0.05, 0.1) is 12.7 Å². The SMILES string of the molecule is Cn1ncc(C(=O)NCC(F)(F)C(F)F)c1N. The van der Waals surface area contributed by atoms with Crippen LogP contribution in [0.5, 0.6) is 0 Å². The molecule has 1 aromatic heterocycles. The minimum absolute atomic E-state index is 0.0390. The van der Waals surface area contributed by atoms with Crippen molar-refractivity contribution in [1.82, 2.24) is 15.1 Å². The number of nitrogens with zero attached hydrogens (tertiary/aromatic N) is 2. The number of amides is 1. The molecule has 0 saturated carbocycles. The van der Waals surface area contributed by atoms with E-state index < -0.39 is 24.8 Å². The number of nitrogens with two attached hydrogens (primary N) is 1. The second-order valence-corrected chi connectivity index (χ2v) is 3.31. The third-order valence-electron chi connectivity index (χ3n) is 2.03. The Bertz CT molecular complexity index is 418. The van der Waals surface area contributed by atoms with Gasteiger partial charge < -0.3 is 11.1 Å². The summed E-state index contributed by atoms with van der Waals surface area (Å²) < 4.78 is 49.8. The molecule has 1 heterocycles. The molecule has 0 aromatic carbocycles. The molecule has 0 bridgehead atoms. The number of halogens is 4. The lowest BCUT2D eigenvalue weighted by Gasteiger charge is -2.15. The van der Waals surface area contributed by atoms with E-state index in [4.69, 9.17) is 5.73 Å². The maximum Gasteiger partial charge on any atom is 0.324 e. The number of hydrogen-bond acceptors (Lipinski definition) is 3. The standard InChI is InChI=1S/C8H10F4N4O/c1-16-5(13)4(2-15-16)6(17)14-3-8(11,12)7(9)10/h2,7H,3,13H2,1H3,(H,14,17). The van der Waals surface area contributed by atoms with Crippen LogP contribution in [0.1, 0.15) is 10.4 Å². The first-order valence-corrected chi connectivity index (χ1v) is 4.47. The first kappa shape index (κ1) is 13.3. The first-order valence-electron chi connectivity index (χ1n) is 4.47. The van der Waals surface area contributed by atoms with Crippen LogP contribution in [0.4, 0.5) is 23.4 Å². The summed E-state index contributed by atoms with van der Waals surface area (Å²) in [5, 5.41) is 5.28. The van der Waals surface area contributed by atoms with E-state index in [-0.39, 0.29) is 11.4 Å². The number of rotatable bonds is 4. The molecule has 0 radical (unpaired) electrons. The third-order valence-corrected chi connectivity index (χ3v) is 2.03. The van der Waals surface area contributed by atoms with Gasteiger partial charge in [-0.3, -0.25) is 9.48 Å². The minimum Gasteiger partial charge on any atom is -0.383 e. The van der Waals surface area contributed by atoms with E-state index in [2.05, 4.69) is 5.10 Å². The van der Waals surface area contributed by atoms with Crippen LogP contribution in [-0.4, -0.2) is 34.6 Å². The first-order chi connectivity index (χ1) is 7.75. The Morgan fingerprint density at radius 1 is 1.65 bits per heavy atom. The van der Waals surface area contributed by atoms with Crippen molar-refractivity contribution in [3.63, 3.8) is 0 Å². The van der Waals surface area contributed by atoms with E-state index in [1.807, 2.05) is 0 Å². The van der Waals surface area contributed by atoms with Gasteiger partial charge in [0.2, 0.25) is 0 Å². The summed E-state index contributed by atoms with van der Waals surface area (Å²) in [5.74, 6) is -5.29. The Balaban J connectivity index is 2.66. The fourth-order valence-electron chi connectivity index (χ4n) is 0.992. The Morgan fingerprint density at radius 2 is 2.24 bits per heavy atom. The number of alkyl halides is 4. The molecule has 1 aromatic rings. The fraction of sp³-hybridized carbons (Fsp3) is 0.500. The van der Waals surface area contributed by atoms with Gasteiger partial charge in [-0.05, 0) is 0 Å². The summed E-state index contributed by atoms with van der Waals surface area (Å²) in [6.07, 6.45) is -2.78. The van der Waals surface area contributed by atoms with Crippen molar-refractivity contribution in [3.8, 4) is 0 Å². The second-order valence-electron chi connectivity index (χ2n) is 3.31. The van der Waals surface area contributed by atoms with Crippen LogP contribution in [0.25, 0.3) is 0 Å². The van der Waals surface area contributed by atoms with Crippen molar-refractivity contribution in [2.75, 3.05) is 12.3 Å². The highest BCUT2D eigenvalue weighted by Crippen LogP contribution is 2.21. The smallest absolute Gasteiger partial charge is 0.324 e. The van der Waals surface area contributed by atoms with Crippen molar-refractivity contribution in [2.24, 2.45) is 7.05 Å². The highest BCUT2D eigenvalue weighted by Gasteiger charge is 2.41. The summed E-state index contributed by atoms with van der Waals surface area (Å²) >= 11 is 0. The Labute approximate surface area is 93.6 Å². The van der Waals surface area contributed by atoms with Crippen molar-refractivity contribution in [2.45, 2.75) is 12.3 Å². The number of aryl methyl sites for hydroxylation is 1. The Morgan fingerprint density at radius 3 is 2.65 bits per heavy atom. The molecule has 17 heavy (non-hydrogen) atoms. The van der Waals surface area contributed by atoms with Gasteiger partial charge in [0.25, 0.3) is 5.91 Å². The quantitative estimate of drug-likeness (QED) is 0.774. The van der Waals surface area contributed by atoms with Crippen LogP contribution in [0.2, 0.25) is 0 Å². The lowest BCUT2D eigenvalue weighted by atomic mass is 10.3. The zero-order chi connectivity index (χ0) is 13.2. The van der Waals surface area contributed by atoms with Crippen LogP contribution in [0, 0.1) is 0 Å². The van der Waals surface area contributed by atoms with Gasteiger partial charge in [-0.1, -0.05) is 0 Å². The zero-order valence-electron chi connectivity index (χ0n) is 8.75. The number of nitrogen functional groups attached to an aromatic ring is 1. The molecule has 96 valence electrons. The molecule has 0 fully saturated rings. The molecule has 0 spiro atoms. The summed E-state index contributed by atoms with van der Waals surface area (Å²) in [4.78, 5) is 11.3. The van der Waals surface area contributed by atoms with Crippen LogP contribution in [-0.2, 0) is 7.05 Å². The van der Waals surface area contributed by atoms with Gasteiger partial charge in [-0.2, -0.15) is 13.9 Å². The van der Waals surface area contributed by atoms with E-state index in [9.17, 15) is 22.4 Å².